The van der Waals surface area contributed by atoms with Crippen LogP contribution >= 0.6 is 0 Å². The standard InChI is InChI=1S/C18H24N4O2/c1-4-22-9-10-24-16(12-22)18(23)19-14-6-7-15-13(11-14)5-8-17(20-15)21(2)3/h5-8,11,16H,4,9-10,12H2,1-3H3,(H,19,23)/t16-/m0/s1. The SMILES string of the molecule is CCN1CCO[C@H](C(=O)Nc2ccc3nc(N(C)C)ccc3c2)C1. The number of morpholine rings is 1. The maximum absolute atomic E-state index is 12.4. The molecule has 1 saturated heterocycles. The first-order chi connectivity index (χ1) is 11.6. The van der Waals surface area contributed by atoms with E-state index in [4.69, 9.17) is 4.74 Å². The summed E-state index contributed by atoms with van der Waals surface area (Å²) in [6, 6.07) is 9.74. The van der Waals surface area contributed by atoms with Crippen LogP contribution in [-0.2, 0) is 9.53 Å². The number of aromatic nitrogens is 1. The lowest BCUT2D eigenvalue weighted by atomic mass is 10.2. The number of amides is 1. The highest BCUT2D eigenvalue weighted by molar-refractivity contribution is 5.96. The molecule has 1 amide bonds. The van der Waals surface area contributed by atoms with Gasteiger partial charge in [-0.15, -0.1) is 0 Å². The van der Waals surface area contributed by atoms with Crippen LogP contribution in [0.15, 0.2) is 30.3 Å². The van der Waals surface area contributed by atoms with E-state index in [0.29, 0.717) is 13.2 Å². The van der Waals surface area contributed by atoms with E-state index in [-0.39, 0.29) is 5.91 Å². The van der Waals surface area contributed by atoms with Gasteiger partial charge in [-0.05, 0) is 36.9 Å². The number of nitrogens with zero attached hydrogens (tertiary/aromatic N) is 3. The number of hydrogen-bond donors (Lipinski definition) is 1. The van der Waals surface area contributed by atoms with Crippen molar-refractivity contribution < 1.29 is 9.53 Å². The number of benzene rings is 1. The summed E-state index contributed by atoms with van der Waals surface area (Å²) in [4.78, 5) is 21.2. The highest BCUT2D eigenvalue weighted by Crippen LogP contribution is 2.21. The van der Waals surface area contributed by atoms with Gasteiger partial charge in [0.05, 0.1) is 12.1 Å². The predicted molar refractivity (Wildman–Crippen MR) is 96.6 cm³/mol. The highest BCUT2D eigenvalue weighted by atomic mass is 16.5. The monoisotopic (exact) mass is 328 g/mol. The first kappa shape index (κ1) is 16.7. The number of anilines is 2. The molecule has 6 nitrogen and oxygen atoms in total. The zero-order valence-corrected chi connectivity index (χ0v) is 14.5. The van der Waals surface area contributed by atoms with Crippen molar-refractivity contribution in [3.63, 3.8) is 0 Å². The minimum Gasteiger partial charge on any atom is -0.366 e. The average molecular weight is 328 g/mol. The van der Waals surface area contributed by atoms with Gasteiger partial charge in [0.25, 0.3) is 5.91 Å². The van der Waals surface area contributed by atoms with Gasteiger partial charge in [0.15, 0.2) is 0 Å². The van der Waals surface area contributed by atoms with Crippen LogP contribution < -0.4 is 10.2 Å². The summed E-state index contributed by atoms with van der Waals surface area (Å²) in [5, 5.41) is 3.96. The van der Waals surface area contributed by atoms with Gasteiger partial charge in [-0.2, -0.15) is 0 Å². The zero-order chi connectivity index (χ0) is 17.1. The summed E-state index contributed by atoms with van der Waals surface area (Å²) < 4.78 is 5.60. The Morgan fingerprint density at radius 1 is 1.38 bits per heavy atom. The van der Waals surface area contributed by atoms with E-state index in [1.165, 1.54) is 0 Å². The minimum absolute atomic E-state index is 0.0922. The van der Waals surface area contributed by atoms with Gasteiger partial charge in [-0.1, -0.05) is 6.92 Å². The summed E-state index contributed by atoms with van der Waals surface area (Å²) in [6.07, 6.45) is -0.413. The molecule has 0 saturated carbocycles. The largest absolute Gasteiger partial charge is 0.366 e. The molecule has 0 aliphatic carbocycles. The average Bonchev–Trinajstić information content (AvgIpc) is 2.61. The highest BCUT2D eigenvalue weighted by Gasteiger charge is 2.25. The number of fused-ring (bicyclic) bond motifs is 1. The molecule has 1 aromatic heterocycles. The molecule has 0 unspecified atom stereocenters. The second-order valence-corrected chi connectivity index (χ2v) is 6.21. The number of hydrogen-bond acceptors (Lipinski definition) is 5. The van der Waals surface area contributed by atoms with Crippen molar-refractivity contribution in [2.45, 2.75) is 13.0 Å². The van der Waals surface area contributed by atoms with Crippen molar-refractivity contribution in [2.75, 3.05) is 50.6 Å². The Bertz CT molecular complexity index is 732. The molecule has 2 aromatic rings. The number of carbonyl (C=O) groups excluding carboxylic acids is 1. The van der Waals surface area contributed by atoms with Gasteiger partial charge in [0, 0.05) is 38.3 Å². The van der Waals surface area contributed by atoms with Gasteiger partial charge in [0.2, 0.25) is 0 Å². The van der Waals surface area contributed by atoms with E-state index < -0.39 is 6.10 Å². The Labute approximate surface area is 142 Å². The first-order valence-electron chi connectivity index (χ1n) is 8.30. The quantitative estimate of drug-likeness (QED) is 0.930. The molecule has 0 spiro atoms. The molecule has 1 N–H and O–H groups in total. The van der Waals surface area contributed by atoms with E-state index in [0.717, 1.165) is 35.5 Å². The van der Waals surface area contributed by atoms with Crippen LogP contribution in [0.3, 0.4) is 0 Å². The fraction of sp³-hybridized carbons (Fsp3) is 0.444. The molecule has 1 fully saturated rings. The van der Waals surface area contributed by atoms with Gasteiger partial charge in [0.1, 0.15) is 11.9 Å². The number of nitrogens with one attached hydrogen (secondary N) is 1. The number of pyridine rings is 1. The van der Waals surface area contributed by atoms with Crippen LogP contribution in [0.5, 0.6) is 0 Å². The molecule has 3 rings (SSSR count). The zero-order valence-electron chi connectivity index (χ0n) is 14.5. The third kappa shape index (κ3) is 3.66. The van der Waals surface area contributed by atoms with Crippen molar-refractivity contribution in [1.82, 2.24) is 9.88 Å². The van der Waals surface area contributed by atoms with Gasteiger partial charge >= 0.3 is 0 Å². The van der Waals surface area contributed by atoms with E-state index >= 15 is 0 Å². The lowest BCUT2D eigenvalue weighted by molar-refractivity contribution is -0.132. The molecule has 2 heterocycles. The molecule has 1 aliphatic heterocycles. The van der Waals surface area contributed by atoms with Crippen LogP contribution in [0.4, 0.5) is 11.5 Å². The first-order valence-corrected chi connectivity index (χ1v) is 8.30. The van der Waals surface area contributed by atoms with Crippen LogP contribution in [-0.4, -0.2) is 62.2 Å². The molecule has 128 valence electrons. The van der Waals surface area contributed by atoms with Crippen LogP contribution in [0.1, 0.15) is 6.92 Å². The smallest absolute Gasteiger partial charge is 0.254 e. The summed E-state index contributed by atoms with van der Waals surface area (Å²) in [7, 11) is 3.93. The normalized spacial score (nSPS) is 18.5. The Morgan fingerprint density at radius 2 is 2.21 bits per heavy atom. The second-order valence-electron chi connectivity index (χ2n) is 6.21. The van der Waals surface area contributed by atoms with Crippen LogP contribution in [0.2, 0.25) is 0 Å². The molecule has 1 atom stereocenters. The molecule has 1 aromatic carbocycles. The third-order valence-corrected chi connectivity index (χ3v) is 4.29. The van der Waals surface area contributed by atoms with E-state index in [9.17, 15) is 4.79 Å². The molecule has 1 aliphatic rings. The molecule has 0 bridgehead atoms. The molecular weight excluding hydrogens is 304 g/mol. The summed E-state index contributed by atoms with van der Waals surface area (Å²) >= 11 is 0. The number of likely N-dealkylation sites (N-methyl/N-ethyl adjacent to an activating group) is 1. The fourth-order valence-electron chi connectivity index (χ4n) is 2.81. The van der Waals surface area contributed by atoms with E-state index in [1.54, 1.807) is 0 Å². The molecule has 6 heteroatoms. The van der Waals surface area contributed by atoms with Crippen molar-refractivity contribution >= 4 is 28.3 Å². The number of rotatable bonds is 4. The van der Waals surface area contributed by atoms with Gasteiger partial charge in [-0.25, -0.2) is 4.98 Å². The third-order valence-electron chi connectivity index (χ3n) is 4.29. The Kier molecular flexibility index (Phi) is 4.97. The van der Waals surface area contributed by atoms with E-state index in [1.807, 2.05) is 49.3 Å². The fourth-order valence-corrected chi connectivity index (χ4v) is 2.81. The summed E-state index contributed by atoms with van der Waals surface area (Å²) in [5.74, 6) is 0.819. The van der Waals surface area contributed by atoms with Gasteiger partial charge in [-0.3, -0.25) is 9.69 Å². The molecule has 0 radical (unpaired) electrons. The molecule has 24 heavy (non-hydrogen) atoms. The Hall–Kier alpha value is -2.18. The van der Waals surface area contributed by atoms with Crippen molar-refractivity contribution in [1.29, 1.82) is 0 Å². The number of carbonyl (C=O) groups is 1. The van der Waals surface area contributed by atoms with Crippen LogP contribution in [0, 0.1) is 0 Å². The predicted octanol–water partition coefficient (Wildman–Crippen LogP) is 1.96. The minimum atomic E-state index is -0.413. The Balaban J connectivity index is 1.73. The maximum atomic E-state index is 12.4. The lowest BCUT2D eigenvalue weighted by Gasteiger charge is -2.31. The maximum Gasteiger partial charge on any atom is 0.254 e. The summed E-state index contributed by atoms with van der Waals surface area (Å²) in [5.41, 5.74) is 1.68. The topological polar surface area (TPSA) is 57.7 Å². The van der Waals surface area contributed by atoms with Crippen molar-refractivity contribution in [3.05, 3.63) is 30.3 Å². The number of ether oxygens (including phenoxy) is 1. The lowest BCUT2D eigenvalue weighted by Crippen LogP contribution is -2.47. The van der Waals surface area contributed by atoms with Crippen molar-refractivity contribution in [3.8, 4) is 0 Å². The van der Waals surface area contributed by atoms with Gasteiger partial charge < -0.3 is 15.0 Å². The second kappa shape index (κ2) is 7.15. The molecular formula is C18H24N4O2. The Morgan fingerprint density at radius 3 is 2.96 bits per heavy atom. The van der Waals surface area contributed by atoms with Crippen molar-refractivity contribution in [2.24, 2.45) is 0 Å². The van der Waals surface area contributed by atoms with E-state index in [2.05, 4.69) is 22.1 Å². The van der Waals surface area contributed by atoms with Crippen LogP contribution in [0.25, 0.3) is 10.9 Å². The summed E-state index contributed by atoms with van der Waals surface area (Å²) in [6.45, 7) is 5.16.